The van der Waals surface area contributed by atoms with Gasteiger partial charge in [0, 0.05) is 31.6 Å². The van der Waals surface area contributed by atoms with Crippen LogP contribution in [0.25, 0.3) is 0 Å². The second kappa shape index (κ2) is 13.7. The van der Waals surface area contributed by atoms with E-state index in [-0.39, 0.29) is 5.91 Å². The molecule has 7 nitrogen and oxygen atoms in total. The Bertz CT molecular complexity index is 665. The summed E-state index contributed by atoms with van der Waals surface area (Å²) in [6.07, 6.45) is 11.1. The van der Waals surface area contributed by atoms with Crippen molar-refractivity contribution in [2.45, 2.75) is 53.4 Å². The maximum absolute atomic E-state index is 11.6. The molecule has 1 heterocycles. The number of hydrogen-bond donors (Lipinski definition) is 2. The SMILES string of the molecule is C=NN(/C(=C\COOCC)CC)/C(=C\CC(C)/C=C\C1=C(C)CCC(=O)N1)NC. The molecule has 0 bridgehead atoms. The molecule has 29 heavy (non-hydrogen) atoms. The van der Waals surface area contributed by atoms with Gasteiger partial charge in [0.15, 0.2) is 0 Å². The number of nitrogens with zero attached hydrogens (tertiary/aromatic N) is 2. The molecule has 1 unspecified atom stereocenters. The van der Waals surface area contributed by atoms with Crippen molar-refractivity contribution in [2.24, 2.45) is 11.0 Å². The van der Waals surface area contributed by atoms with E-state index < -0.39 is 0 Å². The highest BCUT2D eigenvalue weighted by Gasteiger charge is 2.13. The van der Waals surface area contributed by atoms with E-state index >= 15 is 0 Å². The summed E-state index contributed by atoms with van der Waals surface area (Å²) in [6, 6.07) is 0. The third-order valence-corrected chi connectivity index (χ3v) is 4.58. The molecule has 0 aliphatic carbocycles. The fourth-order valence-corrected chi connectivity index (χ4v) is 2.83. The summed E-state index contributed by atoms with van der Waals surface area (Å²) >= 11 is 0. The Morgan fingerprint density at radius 1 is 1.34 bits per heavy atom. The molecule has 1 rings (SSSR count). The molecule has 0 saturated carbocycles. The van der Waals surface area contributed by atoms with Crippen molar-refractivity contribution in [1.29, 1.82) is 0 Å². The van der Waals surface area contributed by atoms with E-state index in [9.17, 15) is 4.79 Å². The van der Waals surface area contributed by atoms with Crippen molar-refractivity contribution < 1.29 is 14.6 Å². The zero-order valence-corrected chi connectivity index (χ0v) is 18.5. The molecule has 0 aromatic heterocycles. The van der Waals surface area contributed by atoms with Crippen LogP contribution in [0.15, 0.2) is 52.2 Å². The van der Waals surface area contributed by atoms with Crippen molar-refractivity contribution in [2.75, 3.05) is 20.3 Å². The van der Waals surface area contributed by atoms with Crippen LogP contribution in [0.4, 0.5) is 0 Å². The van der Waals surface area contributed by atoms with E-state index in [0.717, 1.165) is 36.5 Å². The van der Waals surface area contributed by atoms with Gasteiger partial charge >= 0.3 is 0 Å². The predicted octanol–water partition coefficient (Wildman–Crippen LogP) is 3.99. The molecule has 162 valence electrons. The summed E-state index contributed by atoms with van der Waals surface area (Å²) in [5.74, 6) is 1.23. The molecular weight excluding hydrogens is 368 g/mol. The highest BCUT2D eigenvalue weighted by Crippen LogP contribution is 2.19. The highest BCUT2D eigenvalue weighted by molar-refractivity contribution is 5.80. The van der Waals surface area contributed by atoms with Crippen molar-refractivity contribution in [3.8, 4) is 0 Å². The van der Waals surface area contributed by atoms with E-state index in [2.05, 4.69) is 55.4 Å². The van der Waals surface area contributed by atoms with Crippen molar-refractivity contribution in [3.05, 3.63) is 47.1 Å². The normalized spacial score (nSPS) is 16.8. The molecule has 0 radical (unpaired) electrons. The van der Waals surface area contributed by atoms with Crippen LogP contribution in [0.2, 0.25) is 0 Å². The van der Waals surface area contributed by atoms with Crippen LogP contribution in [0.5, 0.6) is 0 Å². The number of rotatable bonds is 13. The van der Waals surface area contributed by atoms with Crippen molar-refractivity contribution in [3.63, 3.8) is 0 Å². The first-order chi connectivity index (χ1) is 14.0. The van der Waals surface area contributed by atoms with Crippen LogP contribution in [-0.2, 0) is 14.6 Å². The molecule has 1 aliphatic heterocycles. The number of carbonyl (C=O) groups is 1. The van der Waals surface area contributed by atoms with Crippen molar-refractivity contribution >= 4 is 12.6 Å². The van der Waals surface area contributed by atoms with E-state index in [0.29, 0.717) is 25.6 Å². The lowest BCUT2D eigenvalue weighted by atomic mass is 10.0. The standard InChI is InChI=1S/C22H36N4O3/c1-7-19(15-16-29-28-8-2)26(24-6)21(23-5)13-10-17(3)9-12-20-18(4)11-14-22(27)25-20/h9,12-13,15,17,23H,6-8,10-11,14,16H2,1-5H3,(H,25,27)/b12-9-,19-15-,21-13-. The number of carbonyl (C=O) groups excluding carboxylic acids is 1. The summed E-state index contributed by atoms with van der Waals surface area (Å²) in [7, 11) is 1.86. The second-order valence-electron chi connectivity index (χ2n) is 6.85. The summed E-state index contributed by atoms with van der Waals surface area (Å²) < 4.78 is 0. The molecule has 0 aromatic carbocycles. The monoisotopic (exact) mass is 404 g/mol. The largest absolute Gasteiger partial charge is 0.373 e. The Morgan fingerprint density at radius 2 is 2.10 bits per heavy atom. The van der Waals surface area contributed by atoms with Gasteiger partial charge in [-0.1, -0.05) is 19.9 Å². The van der Waals surface area contributed by atoms with Gasteiger partial charge < -0.3 is 10.6 Å². The minimum atomic E-state index is 0.0835. The molecule has 2 N–H and O–H groups in total. The Morgan fingerprint density at radius 3 is 2.72 bits per heavy atom. The first-order valence-corrected chi connectivity index (χ1v) is 10.2. The van der Waals surface area contributed by atoms with E-state index in [1.54, 1.807) is 5.01 Å². The molecule has 1 aliphatic rings. The Hall–Kier alpha value is -2.38. The van der Waals surface area contributed by atoms with Gasteiger partial charge in [-0.15, -0.1) is 0 Å². The van der Waals surface area contributed by atoms with Gasteiger partial charge in [-0.25, -0.2) is 14.8 Å². The van der Waals surface area contributed by atoms with Crippen LogP contribution in [-0.4, -0.2) is 37.9 Å². The molecular formula is C22H36N4O3. The fraction of sp³-hybridized carbons (Fsp3) is 0.545. The minimum absolute atomic E-state index is 0.0835. The lowest BCUT2D eigenvalue weighted by Gasteiger charge is -2.24. The lowest BCUT2D eigenvalue weighted by Crippen LogP contribution is -2.26. The number of hydrazone groups is 1. The first kappa shape index (κ1) is 24.7. The van der Waals surface area contributed by atoms with E-state index in [1.807, 2.05) is 26.1 Å². The summed E-state index contributed by atoms with van der Waals surface area (Å²) in [4.78, 5) is 21.6. The number of nitrogens with one attached hydrogen (secondary N) is 2. The van der Waals surface area contributed by atoms with Gasteiger partial charge in [0.05, 0.1) is 6.61 Å². The molecule has 0 saturated heterocycles. The maximum atomic E-state index is 11.6. The minimum Gasteiger partial charge on any atom is -0.373 e. The molecule has 0 fully saturated rings. The zero-order chi connectivity index (χ0) is 21.6. The molecule has 0 spiro atoms. The lowest BCUT2D eigenvalue weighted by molar-refractivity contribution is -0.282. The van der Waals surface area contributed by atoms with Crippen LogP contribution in [0, 0.1) is 5.92 Å². The van der Waals surface area contributed by atoms with Crippen LogP contribution < -0.4 is 10.6 Å². The van der Waals surface area contributed by atoms with Gasteiger partial charge in [0.1, 0.15) is 12.4 Å². The molecule has 0 aromatic rings. The third kappa shape index (κ3) is 8.66. The van der Waals surface area contributed by atoms with Crippen LogP contribution in [0.1, 0.15) is 53.4 Å². The first-order valence-electron chi connectivity index (χ1n) is 10.2. The maximum Gasteiger partial charge on any atom is 0.224 e. The quantitative estimate of drug-likeness (QED) is 0.210. The Kier molecular flexibility index (Phi) is 11.7. The van der Waals surface area contributed by atoms with Crippen LogP contribution in [0.3, 0.4) is 0 Å². The van der Waals surface area contributed by atoms with Gasteiger partial charge in [-0.05, 0) is 62.8 Å². The van der Waals surface area contributed by atoms with Gasteiger partial charge in [-0.3, -0.25) is 4.79 Å². The zero-order valence-electron chi connectivity index (χ0n) is 18.5. The smallest absolute Gasteiger partial charge is 0.224 e. The molecule has 1 atom stereocenters. The highest BCUT2D eigenvalue weighted by atomic mass is 17.2. The Labute approximate surface area is 175 Å². The fourth-order valence-electron chi connectivity index (χ4n) is 2.83. The summed E-state index contributed by atoms with van der Waals surface area (Å²) in [6.45, 7) is 12.7. The van der Waals surface area contributed by atoms with E-state index in [1.165, 1.54) is 5.57 Å². The third-order valence-electron chi connectivity index (χ3n) is 4.58. The van der Waals surface area contributed by atoms with E-state index in [4.69, 9.17) is 9.78 Å². The number of amides is 1. The van der Waals surface area contributed by atoms with Crippen molar-refractivity contribution in [1.82, 2.24) is 15.6 Å². The topological polar surface area (TPSA) is 75.2 Å². The summed E-state index contributed by atoms with van der Waals surface area (Å²) in [5.41, 5.74) is 3.11. The van der Waals surface area contributed by atoms with Gasteiger partial charge in [-0.2, -0.15) is 5.10 Å². The average molecular weight is 405 g/mol. The molecule has 7 heteroatoms. The number of hydrogen-bond acceptors (Lipinski definition) is 6. The molecule has 1 amide bonds. The van der Waals surface area contributed by atoms with Gasteiger partial charge in [0.2, 0.25) is 5.91 Å². The van der Waals surface area contributed by atoms with Gasteiger partial charge in [0.25, 0.3) is 0 Å². The average Bonchev–Trinajstić information content (AvgIpc) is 2.72. The Balaban J connectivity index is 2.79. The predicted molar refractivity (Wildman–Crippen MR) is 117 cm³/mol. The van der Waals surface area contributed by atoms with Crippen LogP contribution >= 0.6 is 0 Å². The summed E-state index contributed by atoms with van der Waals surface area (Å²) in [5, 5.41) is 12.1. The second-order valence-corrected chi connectivity index (χ2v) is 6.85. The number of allylic oxidation sites excluding steroid dienone is 5.